The quantitative estimate of drug-likeness (QED) is 0.725. The molecule has 1 saturated heterocycles. The molecule has 0 unspecified atom stereocenters. The van der Waals surface area contributed by atoms with E-state index in [0.29, 0.717) is 26.2 Å². The Morgan fingerprint density at radius 2 is 1.44 bits per heavy atom. The second-order valence-corrected chi connectivity index (χ2v) is 6.49. The van der Waals surface area contributed by atoms with Gasteiger partial charge in [0, 0.05) is 31.6 Å². The highest BCUT2D eigenvalue weighted by Crippen LogP contribution is 2.34. The van der Waals surface area contributed by atoms with Crippen LogP contribution in [0.4, 0.5) is 0 Å². The lowest BCUT2D eigenvalue weighted by Crippen LogP contribution is -2.56. The van der Waals surface area contributed by atoms with Crippen LogP contribution in [0.1, 0.15) is 33.6 Å². The number of carbonyl (C=O) groups is 2. The van der Waals surface area contributed by atoms with Crippen molar-refractivity contribution < 1.29 is 9.59 Å². The summed E-state index contributed by atoms with van der Waals surface area (Å²) in [7, 11) is 0. The fraction of sp³-hybridized carbons (Fsp3) is 0.846. The van der Waals surface area contributed by atoms with E-state index in [4.69, 9.17) is 5.73 Å². The number of hydrogen-bond donors (Lipinski definition) is 1. The highest BCUT2D eigenvalue weighted by Gasteiger charge is 2.48. The maximum Gasteiger partial charge on any atom is 0.242 e. The smallest absolute Gasteiger partial charge is 0.242 e. The van der Waals surface area contributed by atoms with Crippen molar-refractivity contribution >= 4 is 11.8 Å². The summed E-state index contributed by atoms with van der Waals surface area (Å²) in [5.74, 6) is 0.217. The minimum Gasteiger partial charge on any atom is -0.339 e. The molecule has 0 aromatic rings. The molecule has 0 radical (unpaired) electrons. The third-order valence-corrected chi connectivity index (χ3v) is 3.71. The van der Waals surface area contributed by atoms with Crippen LogP contribution in [-0.2, 0) is 9.59 Å². The molecule has 102 valence electrons. The van der Waals surface area contributed by atoms with E-state index in [9.17, 15) is 9.59 Å². The first kappa shape index (κ1) is 13.3. The molecule has 0 atom stereocenters. The van der Waals surface area contributed by atoms with Crippen LogP contribution in [-0.4, -0.2) is 53.3 Å². The molecule has 1 aliphatic heterocycles. The average Bonchev–Trinajstić information content (AvgIpc) is 3.06. The van der Waals surface area contributed by atoms with E-state index in [1.165, 1.54) is 0 Å². The molecule has 1 heterocycles. The molecule has 5 heteroatoms. The van der Waals surface area contributed by atoms with Crippen LogP contribution in [0.15, 0.2) is 0 Å². The lowest BCUT2D eigenvalue weighted by Gasteiger charge is -2.38. The van der Waals surface area contributed by atoms with Gasteiger partial charge in [-0.3, -0.25) is 9.59 Å². The van der Waals surface area contributed by atoms with Crippen molar-refractivity contribution in [2.24, 2.45) is 11.1 Å². The Bertz CT molecular complexity index is 336. The number of nitrogens with zero attached hydrogens (tertiary/aromatic N) is 2. The zero-order chi connectivity index (χ0) is 13.6. The molecule has 5 nitrogen and oxygen atoms in total. The second-order valence-electron chi connectivity index (χ2n) is 6.49. The summed E-state index contributed by atoms with van der Waals surface area (Å²) in [6.07, 6.45) is 1.60. The molecule has 2 amide bonds. The predicted octanol–water partition coefficient (Wildman–Crippen LogP) is 0.195. The van der Waals surface area contributed by atoms with Gasteiger partial charge in [0.1, 0.15) is 0 Å². The summed E-state index contributed by atoms with van der Waals surface area (Å²) in [4.78, 5) is 27.8. The van der Waals surface area contributed by atoms with Gasteiger partial charge >= 0.3 is 0 Å². The molecule has 2 rings (SSSR count). The van der Waals surface area contributed by atoms with Crippen LogP contribution < -0.4 is 5.73 Å². The predicted molar refractivity (Wildman–Crippen MR) is 68.8 cm³/mol. The Morgan fingerprint density at radius 1 is 1.00 bits per heavy atom. The molecule has 0 aromatic heterocycles. The average molecular weight is 253 g/mol. The van der Waals surface area contributed by atoms with Gasteiger partial charge in [-0.05, 0) is 12.8 Å². The topological polar surface area (TPSA) is 66.6 Å². The van der Waals surface area contributed by atoms with Gasteiger partial charge in [-0.2, -0.15) is 0 Å². The summed E-state index contributed by atoms with van der Waals surface area (Å²) in [6.45, 7) is 8.23. The van der Waals surface area contributed by atoms with Gasteiger partial charge in [-0.25, -0.2) is 0 Å². The number of nitrogens with two attached hydrogens (primary N) is 1. The number of carbonyl (C=O) groups excluding carboxylic acids is 2. The highest BCUT2D eigenvalue weighted by molar-refractivity contribution is 5.89. The largest absolute Gasteiger partial charge is 0.339 e. The van der Waals surface area contributed by atoms with Crippen LogP contribution in [0.2, 0.25) is 0 Å². The van der Waals surface area contributed by atoms with Crippen molar-refractivity contribution in [1.29, 1.82) is 0 Å². The van der Waals surface area contributed by atoms with E-state index in [-0.39, 0.29) is 17.2 Å². The van der Waals surface area contributed by atoms with Gasteiger partial charge in [-0.15, -0.1) is 0 Å². The zero-order valence-electron chi connectivity index (χ0n) is 11.5. The first-order valence-electron chi connectivity index (χ1n) is 6.62. The molecular formula is C13H23N3O2. The van der Waals surface area contributed by atoms with Crippen molar-refractivity contribution in [3.63, 3.8) is 0 Å². The third kappa shape index (κ3) is 2.51. The van der Waals surface area contributed by atoms with Crippen LogP contribution in [0.3, 0.4) is 0 Å². The minimum absolute atomic E-state index is 0.0605. The molecule has 2 N–H and O–H groups in total. The fourth-order valence-electron chi connectivity index (χ4n) is 2.25. The lowest BCUT2D eigenvalue weighted by molar-refractivity contribution is -0.145. The molecule has 0 spiro atoms. The Balaban J connectivity index is 1.89. The van der Waals surface area contributed by atoms with Crippen LogP contribution >= 0.6 is 0 Å². The first-order chi connectivity index (χ1) is 8.24. The summed E-state index contributed by atoms with van der Waals surface area (Å²) in [6, 6.07) is 0. The summed E-state index contributed by atoms with van der Waals surface area (Å²) < 4.78 is 0. The normalized spacial score (nSPS) is 22.9. The van der Waals surface area contributed by atoms with Gasteiger partial charge in [-0.1, -0.05) is 20.8 Å². The van der Waals surface area contributed by atoms with E-state index in [0.717, 1.165) is 12.8 Å². The van der Waals surface area contributed by atoms with Gasteiger partial charge in [0.2, 0.25) is 11.8 Å². The van der Waals surface area contributed by atoms with Crippen LogP contribution in [0, 0.1) is 5.41 Å². The first-order valence-corrected chi connectivity index (χ1v) is 6.62. The van der Waals surface area contributed by atoms with Crippen molar-refractivity contribution in [3.8, 4) is 0 Å². The van der Waals surface area contributed by atoms with E-state index < -0.39 is 5.54 Å². The van der Waals surface area contributed by atoms with Gasteiger partial charge in [0.25, 0.3) is 0 Å². The van der Waals surface area contributed by atoms with Crippen molar-refractivity contribution in [2.75, 3.05) is 26.2 Å². The van der Waals surface area contributed by atoms with Crippen molar-refractivity contribution in [2.45, 2.75) is 39.2 Å². The zero-order valence-corrected chi connectivity index (χ0v) is 11.5. The molecule has 2 fully saturated rings. The summed E-state index contributed by atoms with van der Waals surface area (Å²) in [5, 5.41) is 0. The van der Waals surface area contributed by atoms with Gasteiger partial charge in [0.05, 0.1) is 5.54 Å². The molecule has 0 bridgehead atoms. The van der Waals surface area contributed by atoms with E-state index in [1.807, 2.05) is 25.7 Å². The highest BCUT2D eigenvalue weighted by atomic mass is 16.2. The standard InChI is InChI=1S/C13H23N3O2/c1-12(2,3)10(17)15-6-8-16(9-7-15)11(18)13(14)4-5-13/h4-9,14H2,1-3H3. The Morgan fingerprint density at radius 3 is 1.83 bits per heavy atom. The number of rotatable bonds is 1. The lowest BCUT2D eigenvalue weighted by atomic mass is 9.94. The minimum atomic E-state index is -0.587. The molecule has 2 aliphatic rings. The van der Waals surface area contributed by atoms with Crippen molar-refractivity contribution in [1.82, 2.24) is 9.80 Å². The summed E-state index contributed by atoms with van der Waals surface area (Å²) >= 11 is 0. The maximum absolute atomic E-state index is 12.1. The number of hydrogen-bond acceptors (Lipinski definition) is 3. The number of piperazine rings is 1. The Kier molecular flexibility index (Phi) is 3.13. The Hall–Kier alpha value is -1.10. The van der Waals surface area contributed by atoms with Gasteiger partial charge in [0.15, 0.2) is 0 Å². The fourth-order valence-corrected chi connectivity index (χ4v) is 2.25. The molecule has 1 saturated carbocycles. The van der Waals surface area contributed by atoms with Gasteiger partial charge < -0.3 is 15.5 Å². The molecule has 0 aromatic carbocycles. The molecule has 18 heavy (non-hydrogen) atoms. The van der Waals surface area contributed by atoms with E-state index in [1.54, 1.807) is 4.90 Å². The van der Waals surface area contributed by atoms with Crippen molar-refractivity contribution in [3.05, 3.63) is 0 Å². The van der Waals surface area contributed by atoms with E-state index in [2.05, 4.69) is 0 Å². The van der Waals surface area contributed by atoms with Crippen LogP contribution in [0.25, 0.3) is 0 Å². The number of amides is 2. The monoisotopic (exact) mass is 253 g/mol. The summed E-state index contributed by atoms with van der Waals surface area (Å²) in [5.41, 5.74) is 4.98. The molecule has 1 aliphatic carbocycles. The third-order valence-electron chi connectivity index (χ3n) is 3.71. The van der Waals surface area contributed by atoms with Crippen LogP contribution in [0.5, 0.6) is 0 Å². The maximum atomic E-state index is 12.1. The Labute approximate surface area is 108 Å². The van der Waals surface area contributed by atoms with E-state index >= 15 is 0 Å². The second kappa shape index (κ2) is 4.23. The molecular weight excluding hydrogens is 230 g/mol. The SMILES string of the molecule is CC(C)(C)C(=O)N1CCN(C(=O)C2(N)CC2)CC1.